The molecule has 11 heteroatoms. The first kappa shape index (κ1) is 24.1. The molecule has 0 aliphatic heterocycles. The van der Waals surface area contributed by atoms with Gasteiger partial charge in [0.2, 0.25) is 5.89 Å². The van der Waals surface area contributed by atoms with E-state index in [1.165, 1.54) is 4.68 Å². The summed E-state index contributed by atoms with van der Waals surface area (Å²) in [7, 11) is 1.57. The minimum absolute atomic E-state index is 0.00185. The van der Waals surface area contributed by atoms with Crippen LogP contribution in [-0.4, -0.2) is 39.6 Å². The lowest BCUT2D eigenvalue weighted by Crippen LogP contribution is -2.16. The zero-order valence-corrected chi connectivity index (χ0v) is 20.5. The van der Waals surface area contributed by atoms with E-state index in [0.29, 0.717) is 46.2 Å². The number of oxazole rings is 1. The van der Waals surface area contributed by atoms with E-state index in [4.69, 9.17) is 31.2 Å². The second-order valence-electron chi connectivity index (χ2n) is 7.71. The number of nitrogens with zero attached hydrogens (tertiary/aromatic N) is 4. The molecule has 182 valence electrons. The van der Waals surface area contributed by atoms with Gasteiger partial charge in [-0.2, -0.15) is 0 Å². The van der Waals surface area contributed by atoms with Crippen LogP contribution in [-0.2, 0) is 6.54 Å². The van der Waals surface area contributed by atoms with E-state index in [9.17, 15) is 4.79 Å². The van der Waals surface area contributed by atoms with Gasteiger partial charge in [-0.25, -0.2) is 9.67 Å². The van der Waals surface area contributed by atoms with Crippen LogP contribution >= 0.6 is 11.6 Å². The smallest absolute Gasteiger partial charge is 0.280 e. The average Bonchev–Trinajstić information content (AvgIpc) is 3.39. The number of hydrogen-bond donors (Lipinski definition) is 2. The summed E-state index contributed by atoms with van der Waals surface area (Å²) in [5.41, 5.74) is 8.93. The van der Waals surface area contributed by atoms with E-state index in [0.717, 1.165) is 11.1 Å². The maximum atomic E-state index is 12.7. The van der Waals surface area contributed by atoms with Crippen molar-refractivity contribution in [1.82, 2.24) is 20.0 Å². The van der Waals surface area contributed by atoms with E-state index < -0.39 is 5.91 Å². The molecular formula is C24H25ClN6O4. The molecule has 0 spiro atoms. The number of aryl methyl sites for hydroxylation is 2. The van der Waals surface area contributed by atoms with Crippen LogP contribution in [0.1, 0.15) is 34.4 Å². The van der Waals surface area contributed by atoms with Gasteiger partial charge in [0.1, 0.15) is 11.5 Å². The zero-order valence-electron chi connectivity index (χ0n) is 19.8. The van der Waals surface area contributed by atoms with E-state index in [1.54, 1.807) is 38.3 Å². The fourth-order valence-corrected chi connectivity index (χ4v) is 3.60. The number of aromatic nitrogens is 4. The van der Waals surface area contributed by atoms with Gasteiger partial charge in [-0.05, 0) is 56.7 Å². The Labute approximate surface area is 207 Å². The van der Waals surface area contributed by atoms with E-state index >= 15 is 0 Å². The predicted molar refractivity (Wildman–Crippen MR) is 132 cm³/mol. The van der Waals surface area contributed by atoms with Gasteiger partial charge in [0.25, 0.3) is 5.91 Å². The van der Waals surface area contributed by atoms with Crippen LogP contribution in [0.2, 0.25) is 5.02 Å². The van der Waals surface area contributed by atoms with Crippen molar-refractivity contribution < 1.29 is 18.7 Å². The molecular weight excluding hydrogens is 472 g/mol. The topological polar surface area (TPSA) is 130 Å². The number of carbonyl (C=O) groups excluding carboxylic acids is 1. The van der Waals surface area contributed by atoms with Crippen molar-refractivity contribution in [2.24, 2.45) is 0 Å². The highest BCUT2D eigenvalue weighted by molar-refractivity contribution is 6.31. The van der Waals surface area contributed by atoms with Crippen LogP contribution < -0.4 is 20.5 Å². The Bertz CT molecular complexity index is 1380. The van der Waals surface area contributed by atoms with Crippen LogP contribution in [0, 0.1) is 13.8 Å². The molecule has 0 unspecified atom stereocenters. The third kappa shape index (κ3) is 5.07. The number of carbonyl (C=O) groups is 1. The highest BCUT2D eigenvalue weighted by atomic mass is 35.5. The van der Waals surface area contributed by atoms with Gasteiger partial charge >= 0.3 is 0 Å². The van der Waals surface area contributed by atoms with Gasteiger partial charge in [0, 0.05) is 16.3 Å². The third-order valence-electron chi connectivity index (χ3n) is 5.34. The standard InChI is InChI=1S/C24H25ClN6O4/c1-5-34-19-9-7-15(10-20(19)33-4)24-28-18(14(3)35-24)12-31-22(26)21(29-30-31)23(32)27-17-11-16(25)8-6-13(17)2/h6-11H,5,12,26H2,1-4H3,(H,27,32). The van der Waals surface area contributed by atoms with Gasteiger partial charge in [0.05, 0.1) is 20.3 Å². The summed E-state index contributed by atoms with van der Waals surface area (Å²) in [6.45, 7) is 6.25. The van der Waals surface area contributed by atoms with Gasteiger partial charge in [-0.3, -0.25) is 4.79 Å². The molecule has 0 radical (unpaired) electrons. The molecule has 4 rings (SSSR count). The fraction of sp³-hybridized carbons (Fsp3) is 0.250. The molecule has 0 fully saturated rings. The largest absolute Gasteiger partial charge is 0.493 e. The first-order valence-corrected chi connectivity index (χ1v) is 11.2. The number of methoxy groups -OCH3 is 1. The normalized spacial score (nSPS) is 10.9. The lowest BCUT2D eigenvalue weighted by atomic mass is 10.2. The second-order valence-corrected chi connectivity index (χ2v) is 8.15. The Morgan fingerprint density at radius 2 is 2.00 bits per heavy atom. The average molecular weight is 497 g/mol. The van der Waals surface area contributed by atoms with Gasteiger partial charge in [0.15, 0.2) is 23.0 Å². The third-order valence-corrected chi connectivity index (χ3v) is 5.57. The first-order valence-electron chi connectivity index (χ1n) is 10.8. The number of nitrogen functional groups attached to an aromatic ring is 1. The lowest BCUT2D eigenvalue weighted by molar-refractivity contribution is 0.102. The van der Waals surface area contributed by atoms with Crippen molar-refractivity contribution in [3.8, 4) is 23.0 Å². The highest BCUT2D eigenvalue weighted by Gasteiger charge is 2.21. The number of nitrogens with two attached hydrogens (primary N) is 1. The molecule has 0 aliphatic carbocycles. The van der Waals surface area contributed by atoms with Crippen LogP contribution in [0.3, 0.4) is 0 Å². The lowest BCUT2D eigenvalue weighted by Gasteiger charge is -2.09. The molecule has 0 aliphatic rings. The molecule has 0 saturated carbocycles. The SMILES string of the molecule is CCOc1ccc(-c2nc(Cn3nnc(C(=O)Nc4cc(Cl)ccc4C)c3N)c(C)o2)cc1OC. The monoisotopic (exact) mass is 496 g/mol. The predicted octanol–water partition coefficient (Wildman–Crippen LogP) is 4.49. The number of rotatable bonds is 8. The summed E-state index contributed by atoms with van der Waals surface area (Å²) in [6, 6.07) is 10.7. The molecule has 0 saturated heterocycles. The van der Waals surface area contributed by atoms with E-state index in [1.807, 2.05) is 26.0 Å². The summed E-state index contributed by atoms with van der Waals surface area (Å²) in [4.78, 5) is 17.3. The van der Waals surface area contributed by atoms with Gasteiger partial charge in [-0.15, -0.1) is 5.10 Å². The second kappa shape index (κ2) is 10.1. The maximum Gasteiger partial charge on any atom is 0.280 e. The highest BCUT2D eigenvalue weighted by Crippen LogP contribution is 2.33. The molecule has 0 atom stereocenters. The summed E-state index contributed by atoms with van der Waals surface area (Å²) in [5, 5.41) is 11.3. The van der Waals surface area contributed by atoms with Crippen molar-refractivity contribution in [2.75, 3.05) is 24.8 Å². The Hall–Kier alpha value is -4.05. The van der Waals surface area contributed by atoms with Crippen molar-refractivity contribution in [3.05, 3.63) is 64.1 Å². The van der Waals surface area contributed by atoms with Crippen LogP contribution in [0.25, 0.3) is 11.5 Å². The number of nitrogens with one attached hydrogen (secondary N) is 1. The quantitative estimate of drug-likeness (QED) is 0.364. The summed E-state index contributed by atoms with van der Waals surface area (Å²) >= 11 is 6.03. The molecule has 2 aromatic heterocycles. The van der Waals surface area contributed by atoms with Crippen molar-refractivity contribution >= 4 is 29.0 Å². The van der Waals surface area contributed by atoms with Gasteiger partial charge in [-0.1, -0.05) is 22.9 Å². The molecule has 35 heavy (non-hydrogen) atoms. The van der Waals surface area contributed by atoms with Gasteiger partial charge < -0.3 is 24.9 Å². The number of ether oxygens (including phenoxy) is 2. The molecule has 4 aromatic rings. The number of halogens is 1. The van der Waals surface area contributed by atoms with Crippen molar-refractivity contribution in [1.29, 1.82) is 0 Å². The molecule has 2 aromatic carbocycles. The number of anilines is 2. The molecule has 2 heterocycles. The summed E-state index contributed by atoms with van der Waals surface area (Å²) < 4.78 is 18.2. The van der Waals surface area contributed by atoms with Crippen LogP contribution in [0.5, 0.6) is 11.5 Å². The number of benzene rings is 2. The van der Waals surface area contributed by atoms with E-state index in [2.05, 4.69) is 20.6 Å². The molecule has 3 N–H and O–H groups in total. The number of amides is 1. The Balaban J connectivity index is 1.54. The minimum atomic E-state index is -0.488. The Morgan fingerprint density at radius 1 is 1.20 bits per heavy atom. The minimum Gasteiger partial charge on any atom is -0.493 e. The zero-order chi connectivity index (χ0) is 25.1. The Morgan fingerprint density at radius 3 is 2.74 bits per heavy atom. The fourth-order valence-electron chi connectivity index (χ4n) is 3.42. The number of hydrogen-bond acceptors (Lipinski definition) is 8. The van der Waals surface area contributed by atoms with Crippen molar-refractivity contribution in [2.45, 2.75) is 27.3 Å². The molecule has 10 nitrogen and oxygen atoms in total. The maximum absolute atomic E-state index is 12.7. The van der Waals surface area contributed by atoms with Crippen LogP contribution in [0.4, 0.5) is 11.5 Å². The van der Waals surface area contributed by atoms with Crippen LogP contribution in [0.15, 0.2) is 40.8 Å². The van der Waals surface area contributed by atoms with Crippen molar-refractivity contribution in [3.63, 3.8) is 0 Å². The summed E-state index contributed by atoms with van der Waals surface area (Å²) in [6.07, 6.45) is 0. The van der Waals surface area contributed by atoms with E-state index in [-0.39, 0.29) is 18.1 Å². The molecule has 1 amide bonds. The summed E-state index contributed by atoms with van der Waals surface area (Å²) in [5.74, 6) is 1.83. The molecule has 0 bridgehead atoms. The Kier molecular flexibility index (Phi) is 6.92. The first-order chi connectivity index (χ1) is 16.8.